The fraction of sp³-hybridized carbons (Fsp3) is 0.219. The second-order valence-corrected chi connectivity index (χ2v) is 11.6. The summed E-state index contributed by atoms with van der Waals surface area (Å²) >= 11 is 12.8. The van der Waals surface area contributed by atoms with Gasteiger partial charge in [-0.25, -0.2) is 14.4 Å². The Morgan fingerprint density at radius 3 is 2.17 bits per heavy atom. The smallest absolute Gasteiger partial charge is 0.416 e. The van der Waals surface area contributed by atoms with E-state index in [4.69, 9.17) is 46.9 Å². The minimum absolute atomic E-state index is 0.00885. The lowest BCUT2D eigenvalue weighted by Gasteiger charge is -2.13. The van der Waals surface area contributed by atoms with Crippen LogP contribution < -0.4 is 14.2 Å². The zero-order valence-electron chi connectivity index (χ0n) is 27.2. The maximum absolute atomic E-state index is 12.8. The van der Waals surface area contributed by atoms with Gasteiger partial charge in [-0.05, 0) is 62.0 Å². The molecule has 20 heteroatoms. The molecule has 4 aromatic rings. The molecule has 14 nitrogen and oxygen atoms in total. The number of hydrogen-bond acceptors (Lipinski definition) is 13. The Balaban J connectivity index is 0.000000302. The average Bonchev–Trinajstić information content (AvgIpc) is 3.08. The fourth-order valence-corrected chi connectivity index (χ4v) is 5.30. The van der Waals surface area contributed by atoms with Crippen LogP contribution in [-0.4, -0.2) is 64.8 Å². The monoisotopic (exact) mass is 787 g/mol. The first kappa shape index (κ1) is 41.1. The van der Waals surface area contributed by atoms with Gasteiger partial charge < -0.3 is 28.8 Å². The first-order chi connectivity index (χ1) is 24.5. The van der Waals surface area contributed by atoms with E-state index in [1.807, 2.05) is 0 Å². The molecule has 1 heterocycles. The Morgan fingerprint density at radius 2 is 1.63 bits per heavy atom. The number of rotatable bonds is 12. The van der Waals surface area contributed by atoms with Crippen molar-refractivity contribution in [3.63, 3.8) is 0 Å². The largest absolute Gasteiger partial charge is 0.481 e. The number of esters is 2. The van der Waals surface area contributed by atoms with Gasteiger partial charge in [0.15, 0.2) is 11.3 Å². The zero-order valence-corrected chi connectivity index (χ0v) is 29.6. The molecule has 0 aliphatic heterocycles. The summed E-state index contributed by atoms with van der Waals surface area (Å²) in [6.45, 7) is 2.81. The number of carbonyl (C=O) groups is 3. The van der Waals surface area contributed by atoms with Crippen molar-refractivity contribution < 1.29 is 61.3 Å². The van der Waals surface area contributed by atoms with Crippen molar-refractivity contribution in [1.29, 1.82) is 0 Å². The van der Waals surface area contributed by atoms with Gasteiger partial charge in [-0.3, -0.25) is 10.1 Å². The number of hydrogen-bond donors (Lipinski definition) is 1. The number of nitro groups is 1. The lowest BCUT2D eigenvalue weighted by atomic mass is 10.1. The third-order valence-electron chi connectivity index (χ3n) is 6.24. The predicted molar refractivity (Wildman–Crippen MR) is 179 cm³/mol. The highest BCUT2D eigenvalue weighted by Gasteiger charge is 2.31. The highest BCUT2D eigenvalue weighted by atomic mass is 35.5. The van der Waals surface area contributed by atoms with E-state index in [2.05, 4.69) is 9.97 Å². The van der Waals surface area contributed by atoms with Crippen LogP contribution in [-0.2, 0) is 20.4 Å². The van der Waals surface area contributed by atoms with Crippen LogP contribution in [0.4, 0.5) is 18.9 Å². The summed E-state index contributed by atoms with van der Waals surface area (Å²) in [5.41, 5.74) is -2.16. The number of aromatic nitrogens is 2. The van der Waals surface area contributed by atoms with Gasteiger partial charge in [0.2, 0.25) is 11.8 Å². The maximum atomic E-state index is 12.8. The molecule has 276 valence electrons. The number of carboxylic acids is 1. The molecule has 0 saturated carbocycles. The number of alkyl halides is 3. The molecule has 0 aliphatic carbocycles. The van der Waals surface area contributed by atoms with E-state index in [0.29, 0.717) is 27.9 Å². The molecule has 0 aliphatic rings. The number of aromatic carboxylic acids is 1. The first-order valence-corrected chi connectivity index (χ1v) is 15.9. The van der Waals surface area contributed by atoms with Gasteiger partial charge in [-0.1, -0.05) is 29.3 Å². The van der Waals surface area contributed by atoms with Crippen LogP contribution in [0.3, 0.4) is 0 Å². The summed E-state index contributed by atoms with van der Waals surface area (Å²) < 4.78 is 63.3. The van der Waals surface area contributed by atoms with Crippen LogP contribution in [0.2, 0.25) is 10.0 Å². The quantitative estimate of drug-likeness (QED) is 0.0627. The number of carboxylic acid groups (broad SMARTS) is 1. The van der Waals surface area contributed by atoms with E-state index in [0.717, 1.165) is 42.1 Å². The first-order valence-electron chi connectivity index (χ1n) is 14.4. The molecule has 1 N–H and O–H groups in total. The normalized spacial score (nSPS) is 11.3. The third kappa shape index (κ3) is 11.1. The standard InChI is InChI=1S/C19H15ClF3NO7.C13H11ClN2O4S/c1-3-29-17(25)10(2)30-18(26)13-9-12(5-6-15(13)24(27)28)31-16-7-4-11(8-14(16)20)19(21,22)23;1-19-9-6-10(20-2)16-13(15-9)21-8-5-3-4-7(14)11(8)12(17)18/h4-10H,3H2,1-2H3;3-6H,1-2H3,(H,17,18). The van der Waals surface area contributed by atoms with Crippen molar-refractivity contribution in [3.05, 3.63) is 97.5 Å². The Kier molecular flexibility index (Phi) is 14.4. The van der Waals surface area contributed by atoms with Crippen molar-refractivity contribution in [2.45, 2.75) is 36.2 Å². The molecule has 0 spiro atoms. The zero-order chi connectivity index (χ0) is 38.7. The molecule has 0 bridgehead atoms. The molecule has 0 fully saturated rings. The van der Waals surface area contributed by atoms with E-state index in [1.165, 1.54) is 33.3 Å². The molecular weight excluding hydrogens is 762 g/mol. The highest BCUT2D eigenvalue weighted by Crippen LogP contribution is 2.38. The molecule has 1 aromatic heterocycles. The van der Waals surface area contributed by atoms with Gasteiger partial charge in [-0.15, -0.1) is 0 Å². The van der Waals surface area contributed by atoms with Crippen LogP contribution in [0, 0.1) is 10.1 Å². The lowest BCUT2D eigenvalue weighted by molar-refractivity contribution is -0.385. The van der Waals surface area contributed by atoms with Crippen LogP contribution in [0.25, 0.3) is 0 Å². The minimum Gasteiger partial charge on any atom is -0.481 e. The van der Waals surface area contributed by atoms with E-state index >= 15 is 0 Å². The SMILES string of the molecule is CCOC(=O)C(C)OC(=O)c1cc(Oc2ccc(C(F)(F)F)cc2Cl)ccc1[N+](=O)[O-].COc1cc(OC)nc(Sc2cccc(Cl)c2C(=O)O)n1. The maximum Gasteiger partial charge on any atom is 0.416 e. The molecule has 0 amide bonds. The number of nitrogens with zero attached hydrogens (tertiary/aromatic N) is 3. The third-order valence-corrected chi connectivity index (χ3v) is 7.78. The number of ether oxygens (including phenoxy) is 5. The molecule has 1 atom stereocenters. The van der Waals surface area contributed by atoms with Crippen molar-refractivity contribution >= 4 is 58.6 Å². The molecule has 0 radical (unpaired) electrons. The summed E-state index contributed by atoms with van der Waals surface area (Å²) in [5, 5.41) is 20.6. The van der Waals surface area contributed by atoms with Gasteiger partial charge >= 0.3 is 24.1 Å². The Morgan fingerprint density at radius 1 is 0.981 bits per heavy atom. The summed E-state index contributed by atoms with van der Waals surface area (Å²) in [7, 11) is 2.94. The molecule has 1 unspecified atom stereocenters. The number of methoxy groups -OCH3 is 2. The van der Waals surface area contributed by atoms with Gasteiger partial charge in [-0.2, -0.15) is 23.1 Å². The molecule has 0 saturated heterocycles. The average molecular weight is 789 g/mol. The highest BCUT2D eigenvalue weighted by molar-refractivity contribution is 7.99. The number of benzene rings is 3. The molecular formula is C32H26Cl2F3N3O11S. The summed E-state index contributed by atoms with van der Waals surface area (Å²) in [5.74, 6) is -2.83. The number of nitro benzene ring substituents is 1. The number of halogens is 5. The van der Waals surface area contributed by atoms with Gasteiger partial charge in [0.25, 0.3) is 5.69 Å². The van der Waals surface area contributed by atoms with Crippen molar-refractivity contribution in [3.8, 4) is 23.3 Å². The van der Waals surface area contributed by atoms with Crippen molar-refractivity contribution in [2.24, 2.45) is 0 Å². The van der Waals surface area contributed by atoms with Crippen LogP contribution in [0.5, 0.6) is 23.3 Å². The van der Waals surface area contributed by atoms with E-state index in [-0.39, 0.29) is 33.7 Å². The van der Waals surface area contributed by atoms with Crippen LogP contribution in [0.15, 0.2) is 70.7 Å². The second-order valence-electron chi connectivity index (χ2n) is 9.74. The van der Waals surface area contributed by atoms with Crippen molar-refractivity contribution in [2.75, 3.05) is 20.8 Å². The molecule has 4 rings (SSSR count). The topological polar surface area (TPSA) is 187 Å². The number of carbonyl (C=O) groups excluding carboxylic acids is 2. The van der Waals surface area contributed by atoms with E-state index in [1.54, 1.807) is 19.1 Å². The van der Waals surface area contributed by atoms with Gasteiger partial charge in [0, 0.05) is 17.0 Å². The van der Waals surface area contributed by atoms with E-state index < -0.39 is 51.9 Å². The summed E-state index contributed by atoms with van der Waals surface area (Å²) in [6, 6.07) is 11.7. The lowest BCUT2D eigenvalue weighted by Crippen LogP contribution is -2.26. The molecule has 52 heavy (non-hydrogen) atoms. The second kappa shape index (κ2) is 18.2. The van der Waals surface area contributed by atoms with Crippen molar-refractivity contribution in [1.82, 2.24) is 9.97 Å². The fourth-order valence-electron chi connectivity index (χ4n) is 3.85. The summed E-state index contributed by atoms with van der Waals surface area (Å²) in [6.07, 6.45) is -5.94. The Hall–Kier alpha value is -5.33. The Labute approximate surface area is 306 Å². The van der Waals surface area contributed by atoms with Crippen LogP contribution in [0.1, 0.15) is 40.1 Å². The van der Waals surface area contributed by atoms with Gasteiger partial charge in [0.1, 0.15) is 17.1 Å². The minimum atomic E-state index is -4.61. The molecule has 3 aromatic carbocycles. The predicted octanol–water partition coefficient (Wildman–Crippen LogP) is 8.16. The van der Waals surface area contributed by atoms with E-state index in [9.17, 15) is 42.8 Å². The summed E-state index contributed by atoms with van der Waals surface area (Å²) in [4.78, 5) is 54.4. The Bertz CT molecular complexity index is 1950. The van der Waals surface area contributed by atoms with Crippen LogP contribution >= 0.6 is 35.0 Å². The van der Waals surface area contributed by atoms with Gasteiger partial charge in [0.05, 0.1) is 53.0 Å².